The van der Waals surface area contributed by atoms with Crippen LogP contribution in [0.2, 0.25) is 0 Å². The van der Waals surface area contributed by atoms with Gasteiger partial charge in [-0.15, -0.1) is 0 Å². The highest BCUT2D eigenvalue weighted by Crippen LogP contribution is 2.22. The van der Waals surface area contributed by atoms with Crippen molar-refractivity contribution in [2.75, 3.05) is 0 Å². The van der Waals surface area contributed by atoms with Crippen LogP contribution in [0.1, 0.15) is 22.6 Å². The Morgan fingerprint density at radius 2 is 2.36 bits per heavy atom. The number of hydrogen-bond acceptors (Lipinski definition) is 2. The Labute approximate surface area is 81.2 Å². The summed E-state index contributed by atoms with van der Waals surface area (Å²) < 4.78 is 1.90. The topological polar surface area (TPSA) is 59.3 Å². The van der Waals surface area contributed by atoms with Crippen molar-refractivity contribution in [2.24, 2.45) is 5.92 Å². The number of nitrogens with zero attached hydrogens (tertiary/aromatic N) is 1. The number of aldehydes is 1. The largest absolute Gasteiger partial charge is 0.481 e. The molecule has 4 heteroatoms. The van der Waals surface area contributed by atoms with Crippen molar-refractivity contribution in [3.8, 4) is 0 Å². The van der Waals surface area contributed by atoms with Gasteiger partial charge >= 0.3 is 5.97 Å². The normalized spacial score (nSPS) is 20.1. The molecule has 74 valence electrons. The highest BCUT2D eigenvalue weighted by atomic mass is 16.4. The fraction of sp³-hybridized carbons (Fsp3) is 0.400. The van der Waals surface area contributed by atoms with Gasteiger partial charge in [0.1, 0.15) is 0 Å². The van der Waals surface area contributed by atoms with Crippen molar-refractivity contribution in [1.29, 1.82) is 0 Å². The SMILES string of the molecule is O=Cc1ccc2n1CCC(C(=O)O)C2. The van der Waals surface area contributed by atoms with Crippen LogP contribution in [0.25, 0.3) is 0 Å². The van der Waals surface area contributed by atoms with Crippen molar-refractivity contribution in [3.63, 3.8) is 0 Å². The van der Waals surface area contributed by atoms with Crippen LogP contribution < -0.4 is 0 Å². The minimum atomic E-state index is -0.745. The first kappa shape index (κ1) is 8.99. The molecule has 2 heterocycles. The summed E-state index contributed by atoms with van der Waals surface area (Å²) in [4.78, 5) is 21.4. The van der Waals surface area contributed by atoms with Gasteiger partial charge in [-0.05, 0) is 18.6 Å². The van der Waals surface area contributed by atoms with Gasteiger partial charge < -0.3 is 9.67 Å². The van der Waals surface area contributed by atoms with Crippen molar-refractivity contribution >= 4 is 12.3 Å². The van der Waals surface area contributed by atoms with E-state index in [0.717, 1.165) is 12.0 Å². The molecule has 1 aliphatic heterocycles. The average Bonchev–Trinajstić information content (AvgIpc) is 2.59. The van der Waals surface area contributed by atoms with Gasteiger partial charge in [-0.1, -0.05) is 0 Å². The number of fused-ring (bicyclic) bond motifs is 1. The lowest BCUT2D eigenvalue weighted by Gasteiger charge is -2.21. The predicted molar refractivity (Wildman–Crippen MR) is 49.3 cm³/mol. The quantitative estimate of drug-likeness (QED) is 0.711. The summed E-state index contributed by atoms with van der Waals surface area (Å²) >= 11 is 0. The smallest absolute Gasteiger partial charge is 0.306 e. The van der Waals surface area contributed by atoms with Crippen LogP contribution in [0.5, 0.6) is 0 Å². The molecule has 2 rings (SSSR count). The van der Waals surface area contributed by atoms with E-state index >= 15 is 0 Å². The Bertz CT molecular complexity index is 381. The zero-order valence-electron chi connectivity index (χ0n) is 7.64. The van der Waals surface area contributed by atoms with Crippen molar-refractivity contribution in [3.05, 3.63) is 23.5 Å². The Kier molecular flexibility index (Phi) is 2.11. The Morgan fingerprint density at radius 3 is 3.00 bits per heavy atom. The van der Waals surface area contributed by atoms with Gasteiger partial charge in [0.05, 0.1) is 11.6 Å². The van der Waals surface area contributed by atoms with Crippen LogP contribution in [0.3, 0.4) is 0 Å². The van der Waals surface area contributed by atoms with Crippen LogP contribution in [0.15, 0.2) is 12.1 Å². The summed E-state index contributed by atoms with van der Waals surface area (Å²) in [7, 11) is 0. The summed E-state index contributed by atoms with van der Waals surface area (Å²) in [6.07, 6.45) is 1.95. The maximum atomic E-state index is 10.8. The Morgan fingerprint density at radius 1 is 1.57 bits per heavy atom. The monoisotopic (exact) mass is 193 g/mol. The number of aromatic nitrogens is 1. The van der Waals surface area contributed by atoms with E-state index in [0.29, 0.717) is 25.1 Å². The third-order valence-electron chi connectivity index (χ3n) is 2.73. The van der Waals surface area contributed by atoms with Gasteiger partial charge in [0, 0.05) is 18.7 Å². The molecular formula is C10H11NO3. The van der Waals surface area contributed by atoms with E-state index in [1.54, 1.807) is 6.07 Å². The van der Waals surface area contributed by atoms with E-state index in [9.17, 15) is 9.59 Å². The minimum absolute atomic E-state index is 0.295. The first-order valence-electron chi connectivity index (χ1n) is 4.58. The molecule has 1 aromatic rings. The number of rotatable bonds is 2. The fourth-order valence-electron chi connectivity index (χ4n) is 1.93. The van der Waals surface area contributed by atoms with Crippen LogP contribution in [0, 0.1) is 5.92 Å². The van der Waals surface area contributed by atoms with Crippen molar-refractivity contribution in [2.45, 2.75) is 19.4 Å². The standard InChI is InChI=1S/C10H11NO3/c12-6-9-2-1-8-5-7(10(13)14)3-4-11(8)9/h1-2,6-7H,3-5H2,(H,13,14). The first-order valence-corrected chi connectivity index (χ1v) is 4.58. The van der Waals surface area contributed by atoms with Gasteiger partial charge in [-0.2, -0.15) is 0 Å². The lowest BCUT2D eigenvalue weighted by atomic mass is 9.96. The third kappa shape index (κ3) is 1.32. The molecule has 0 saturated heterocycles. The second-order valence-corrected chi connectivity index (χ2v) is 3.55. The van der Waals surface area contributed by atoms with Gasteiger partial charge in [0.25, 0.3) is 0 Å². The Hall–Kier alpha value is -1.58. The zero-order chi connectivity index (χ0) is 10.1. The van der Waals surface area contributed by atoms with Gasteiger partial charge in [-0.25, -0.2) is 0 Å². The maximum absolute atomic E-state index is 10.8. The van der Waals surface area contributed by atoms with Crippen molar-refractivity contribution in [1.82, 2.24) is 4.57 Å². The molecule has 0 spiro atoms. The number of carboxylic acid groups (broad SMARTS) is 1. The van der Waals surface area contributed by atoms with Crippen LogP contribution >= 0.6 is 0 Å². The van der Waals surface area contributed by atoms with Crippen molar-refractivity contribution < 1.29 is 14.7 Å². The molecule has 4 nitrogen and oxygen atoms in total. The molecule has 1 unspecified atom stereocenters. The molecule has 1 aliphatic rings. The van der Waals surface area contributed by atoms with Crippen LogP contribution in [-0.2, 0) is 17.8 Å². The summed E-state index contributed by atoms with van der Waals surface area (Å²) in [6, 6.07) is 3.57. The molecule has 1 aromatic heterocycles. The van der Waals surface area contributed by atoms with E-state index in [2.05, 4.69) is 0 Å². The average molecular weight is 193 g/mol. The summed E-state index contributed by atoms with van der Waals surface area (Å²) in [5.74, 6) is -1.04. The Balaban J connectivity index is 2.28. The highest BCUT2D eigenvalue weighted by Gasteiger charge is 2.25. The molecule has 14 heavy (non-hydrogen) atoms. The first-order chi connectivity index (χ1) is 6.72. The summed E-state index contributed by atoms with van der Waals surface area (Å²) in [5.41, 5.74) is 1.59. The van der Waals surface area contributed by atoms with E-state index in [4.69, 9.17) is 5.11 Å². The van der Waals surface area contributed by atoms with E-state index in [1.807, 2.05) is 10.6 Å². The lowest BCUT2D eigenvalue weighted by molar-refractivity contribution is -0.142. The maximum Gasteiger partial charge on any atom is 0.306 e. The molecule has 0 aromatic carbocycles. The predicted octanol–water partition coefficient (Wildman–Crippen LogP) is 0.948. The van der Waals surface area contributed by atoms with Crippen LogP contribution in [0.4, 0.5) is 0 Å². The number of carbonyl (C=O) groups excluding carboxylic acids is 1. The molecular weight excluding hydrogens is 182 g/mol. The lowest BCUT2D eigenvalue weighted by Crippen LogP contribution is -2.25. The second kappa shape index (κ2) is 3.29. The molecule has 1 atom stereocenters. The van der Waals surface area contributed by atoms with E-state index < -0.39 is 5.97 Å². The molecule has 0 radical (unpaired) electrons. The fourth-order valence-corrected chi connectivity index (χ4v) is 1.93. The zero-order valence-corrected chi connectivity index (χ0v) is 7.64. The molecule has 0 aliphatic carbocycles. The van der Waals surface area contributed by atoms with Crippen LogP contribution in [-0.4, -0.2) is 21.9 Å². The highest BCUT2D eigenvalue weighted by molar-refractivity contribution is 5.74. The minimum Gasteiger partial charge on any atom is -0.481 e. The number of carbonyl (C=O) groups is 2. The number of hydrogen-bond donors (Lipinski definition) is 1. The van der Waals surface area contributed by atoms with Gasteiger partial charge in [0.2, 0.25) is 0 Å². The molecule has 1 N–H and O–H groups in total. The number of carboxylic acids is 1. The number of aliphatic carboxylic acids is 1. The third-order valence-corrected chi connectivity index (χ3v) is 2.73. The molecule has 0 fully saturated rings. The van der Waals surface area contributed by atoms with Gasteiger partial charge in [-0.3, -0.25) is 9.59 Å². The summed E-state index contributed by atoms with van der Waals surface area (Å²) in [6.45, 7) is 0.632. The van der Waals surface area contributed by atoms with Gasteiger partial charge in [0.15, 0.2) is 6.29 Å². The summed E-state index contributed by atoms with van der Waals surface area (Å²) in [5, 5.41) is 8.85. The second-order valence-electron chi connectivity index (χ2n) is 3.55. The van der Waals surface area contributed by atoms with E-state index in [-0.39, 0.29) is 5.92 Å². The van der Waals surface area contributed by atoms with E-state index in [1.165, 1.54) is 0 Å². The molecule has 0 bridgehead atoms. The molecule has 0 amide bonds. The molecule has 0 saturated carbocycles.